The number of amides is 2. The number of aryl methyl sites for hydroxylation is 1. The molecule has 1 aromatic carbocycles. The molecular formula is C19H28N2O2. The van der Waals surface area contributed by atoms with Gasteiger partial charge in [-0.1, -0.05) is 43.7 Å². The van der Waals surface area contributed by atoms with E-state index in [0.29, 0.717) is 25.4 Å². The van der Waals surface area contributed by atoms with Crippen LogP contribution in [0.15, 0.2) is 24.3 Å². The van der Waals surface area contributed by atoms with Crippen LogP contribution in [-0.4, -0.2) is 36.3 Å². The van der Waals surface area contributed by atoms with E-state index in [9.17, 15) is 9.59 Å². The smallest absolute Gasteiger partial charge is 0.226 e. The minimum Gasteiger partial charge on any atom is -0.356 e. The summed E-state index contributed by atoms with van der Waals surface area (Å²) in [6.45, 7) is 8.32. The number of benzene rings is 1. The summed E-state index contributed by atoms with van der Waals surface area (Å²) in [5, 5.41) is 3.00. The zero-order valence-electron chi connectivity index (χ0n) is 14.5. The standard InChI is InChI=1S/C19H28N2O2/c1-14(2)13-20-19(23)17-8-10-21(11-9-17)18(22)12-16-6-4-15(3)5-7-16/h4-7,14,17H,8-13H2,1-3H3,(H,20,23). The van der Waals surface area contributed by atoms with Crippen LogP contribution in [0, 0.1) is 18.8 Å². The average Bonchev–Trinajstić information content (AvgIpc) is 2.55. The summed E-state index contributed by atoms with van der Waals surface area (Å²) in [7, 11) is 0. The summed E-state index contributed by atoms with van der Waals surface area (Å²) in [6.07, 6.45) is 1.98. The molecule has 1 N–H and O–H groups in total. The Labute approximate surface area is 139 Å². The molecule has 0 aliphatic carbocycles. The number of nitrogens with one attached hydrogen (secondary N) is 1. The normalized spacial score (nSPS) is 15.7. The first-order valence-corrected chi connectivity index (χ1v) is 8.56. The van der Waals surface area contributed by atoms with Crippen molar-refractivity contribution in [2.45, 2.75) is 40.0 Å². The van der Waals surface area contributed by atoms with Gasteiger partial charge in [0.2, 0.25) is 11.8 Å². The van der Waals surface area contributed by atoms with Crippen molar-refractivity contribution in [2.75, 3.05) is 19.6 Å². The molecule has 2 amide bonds. The summed E-state index contributed by atoms with van der Waals surface area (Å²) in [6, 6.07) is 8.10. The molecule has 0 atom stereocenters. The van der Waals surface area contributed by atoms with Crippen molar-refractivity contribution < 1.29 is 9.59 Å². The van der Waals surface area contributed by atoms with Crippen LogP contribution in [0.25, 0.3) is 0 Å². The monoisotopic (exact) mass is 316 g/mol. The first kappa shape index (κ1) is 17.5. The van der Waals surface area contributed by atoms with Gasteiger partial charge in [0.25, 0.3) is 0 Å². The maximum atomic E-state index is 12.4. The lowest BCUT2D eigenvalue weighted by molar-refractivity contribution is -0.135. The van der Waals surface area contributed by atoms with E-state index >= 15 is 0 Å². The Kier molecular flexibility index (Phi) is 6.20. The fraction of sp³-hybridized carbons (Fsp3) is 0.579. The van der Waals surface area contributed by atoms with Crippen molar-refractivity contribution in [3.8, 4) is 0 Å². The number of hydrogen-bond donors (Lipinski definition) is 1. The number of hydrogen-bond acceptors (Lipinski definition) is 2. The highest BCUT2D eigenvalue weighted by molar-refractivity contribution is 5.81. The Hall–Kier alpha value is -1.84. The first-order chi connectivity index (χ1) is 11.0. The van der Waals surface area contributed by atoms with E-state index in [0.717, 1.165) is 24.9 Å². The average molecular weight is 316 g/mol. The number of likely N-dealkylation sites (tertiary alicyclic amines) is 1. The van der Waals surface area contributed by atoms with Crippen molar-refractivity contribution in [3.05, 3.63) is 35.4 Å². The zero-order valence-corrected chi connectivity index (χ0v) is 14.5. The lowest BCUT2D eigenvalue weighted by atomic mass is 9.95. The summed E-state index contributed by atoms with van der Waals surface area (Å²) >= 11 is 0. The van der Waals surface area contributed by atoms with Gasteiger partial charge in [0.05, 0.1) is 6.42 Å². The van der Waals surface area contributed by atoms with Gasteiger partial charge in [0, 0.05) is 25.6 Å². The number of piperidine rings is 1. The second-order valence-corrected chi connectivity index (χ2v) is 6.96. The van der Waals surface area contributed by atoms with Crippen LogP contribution in [0.2, 0.25) is 0 Å². The van der Waals surface area contributed by atoms with Gasteiger partial charge in [-0.05, 0) is 31.2 Å². The fourth-order valence-electron chi connectivity index (χ4n) is 2.83. The Morgan fingerprint density at radius 1 is 1.17 bits per heavy atom. The van der Waals surface area contributed by atoms with Crippen LogP contribution in [0.1, 0.15) is 37.8 Å². The van der Waals surface area contributed by atoms with E-state index < -0.39 is 0 Å². The van der Waals surface area contributed by atoms with E-state index in [1.165, 1.54) is 5.56 Å². The van der Waals surface area contributed by atoms with E-state index in [4.69, 9.17) is 0 Å². The third-order valence-corrected chi connectivity index (χ3v) is 4.38. The van der Waals surface area contributed by atoms with E-state index in [2.05, 4.69) is 19.2 Å². The predicted molar refractivity (Wildman–Crippen MR) is 92.0 cm³/mol. The van der Waals surface area contributed by atoms with Gasteiger partial charge in [-0.2, -0.15) is 0 Å². The van der Waals surface area contributed by atoms with Gasteiger partial charge in [-0.3, -0.25) is 9.59 Å². The predicted octanol–water partition coefficient (Wildman–Crippen LogP) is 2.55. The number of carbonyl (C=O) groups is 2. The molecule has 1 aliphatic heterocycles. The second kappa shape index (κ2) is 8.14. The molecule has 4 heteroatoms. The molecule has 0 bridgehead atoms. The Morgan fingerprint density at radius 2 is 1.78 bits per heavy atom. The van der Waals surface area contributed by atoms with E-state index in [1.54, 1.807) is 0 Å². The maximum absolute atomic E-state index is 12.4. The lowest BCUT2D eigenvalue weighted by Gasteiger charge is -2.31. The zero-order chi connectivity index (χ0) is 16.8. The minimum atomic E-state index is 0.0529. The third-order valence-electron chi connectivity index (χ3n) is 4.38. The molecule has 1 aliphatic rings. The van der Waals surface area contributed by atoms with Crippen molar-refractivity contribution >= 4 is 11.8 Å². The largest absolute Gasteiger partial charge is 0.356 e. The van der Waals surface area contributed by atoms with Gasteiger partial charge >= 0.3 is 0 Å². The van der Waals surface area contributed by atoms with E-state index in [-0.39, 0.29) is 17.7 Å². The molecule has 0 radical (unpaired) electrons. The summed E-state index contributed by atoms with van der Waals surface area (Å²) in [5.41, 5.74) is 2.26. The van der Waals surface area contributed by atoms with E-state index in [1.807, 2.05) is 36.1 Å². The number of nitrogens with zero attached hydrogens (tertiary/aromatic N) is 1. The Bertz CT molecular complexity index is 529. The van der Waals surface area contributed by atoms with Crippen LogP contribution in [-0.2, 0) is 16.0 Å². The van der Waals surface area contributed by atoms with Crippen LogP contribution < -0.4 is 5.32 Å². The third kappa shape index (κ3) is 5.38. The van der Waals surface area contributed by atoms with Gasteiger partial charge in [0.15, 0.2) is 0 Å². The summed E-state index contributed by atoms with van der Waals surface area (Å²) < 4.78 is 0. The van der Waals surface area contributed by atoms with Crippen LogP contribution in [0.3, 0.4) is 0 Å². The molecule has 0 aromatic heterocycles. The molecule has 0 saturated carbocycles. The van der Waals surface area contributed by atoms with Crippen molar-refractivity contribution in [3.63, 3.8) is 0 Å². The number of rotatable bonds is 5. The topological polar surface area (TPSA) is 49.4 Å². The molecule has 1 heterocycles. The Balaban J connectivity index is 1.78. The molecule has 4 nitrogen and oxygen atoms in total. The molecule has 2 rings (SSSR count). The molecule has 1 aromatic rings. The Morgan fingerprint density at radius 3 is 2.35 bits per heavy atom. The molecule has 1 fully saturated rings. The van der Waals surface area contributed by atoms with Gasteiger partial charge in [-0.15, -0.1) is 0 Å². The van der Waals surface area contributed by atoms with Crippen LogP contribution in [0.4, 0.5) is 0 Å². The molecule has 0 unspecified atom stereocenters. The van der Waals surface area contributed by atoms with Gasteiger partial charge in [-0.25, -0.2) is 0 Å². The summed E-state index contributed by atoms with van der Waals surface area (Å²) in [5.74, 6) is 0.825. The number of carbonyl (C=O) groups excluding carboxylic acids is 2. The molecular weight excluding hydrogens is 288 g/mol. The minimum absolute atomic E-state index is 0.0529. The van der Waals surface area contributed by atoms with Crippen molar-refractivity contribution in [1.82, 2.24) is 10.2 Å². The fourth-order valence-corrected chi connectivity index (χ4v) is 2.83. The van der Waals surface area contributed by atoms with Crippen molar-refractivity contribution in [1.29, 1.82) is 0 Å². The highest BCUT2D eigenvalue weighted by atomic mass is 16.2. The maximum Gasteiger partial charge on any atom is 0.226 e. The molecule has 126 valence electrons. The molecule has 0 spiro atoms. The van der Waals surface area contributed by atoms with Crippen LogP contribution >= 0.6 is 0 Å². The molecule has 1 saturated heterocycles. The molecule has 23 heavy (non-hydrogen) atoms. The quantitative estimate of drug-likeness (QED) is 0.907. The SMILES string of the molecule is Cc1ccc(CC(=O)N2CCC(C(=O)NCC(C)C)CC2)cc1. The lowest BCUT2D eigenvalue weighted by Crippen LogP contribution is -2.44. The summed E-state index contributed by atoms with van der Waals surface area (Å²) in [4.78, 5) is 26.4. The first-order valence-electron chi connectivity index (χ1n) is 8.56. The van der Waals surface area contributed by atoms with Crippen molar-refractivity contribution in [2.24, 2.45) is 11.8 Å². The highest BCUT2D eigenvalue weighted by Crippen LogP contribution is 2.18. The van der Waals surface area contributed by atoms with Crippen LogP contribution in [0.5, 0.6) is 0 Å². The van der Waals surface area contributed by atoms with Gasteiger partial charge < -0.3 is 10.2 Å². The highest BCUT2D eigenvalue weighted by Gasteiger charge is 2.27. The second-order valence-electron chi connectivity index (χ2n) is 6.96. The van der Waals surface area contributed by atoms with Gasteiger partial charge in [0.1, 0.15) is 0 Å².